The van der Waals surface area contributed by atoms with Crippen LogP contribution in [-0.4, -0.2) is 26.3 Å². The summed E-state index contributed by atoms with van der Waals surface area (Å²) in [5, 5.41) is 0. The number of hydrazine groups is 1. The molecule has 1 rings (SSSR count). The third-order valence-corrected chi connectivity index (χ3v) is 1.21. The van der Waals surface area contributed by atoms with Gasteiger partial charge in [0.15, 0.2) is 0 Å². The molecule has 0 atom stereocenters. The highest BCUT2D eigenvalue weighted by Crippen LogP contribution is 1.87. The third-order valence-electron chi connectivity index (χ3n) is 1.21. The summed E-state index contributed by atoms with van der Waals surface area (Å²) >= 11 is 0. The van der Waals surface area contributed by atoms with Gasteiger partial charge in [0.05, 0.1) is 6.61 Å². The molecule has 0 saturated carbocycles. The van der Waals surface area contributed by atoms with Crippen molar-refractivity contribution in [2.24, 2.45) is 0 Å². The van der Waals surface area contributed by atoms with Crippen LogP contribution in [0.1, 0.15) is 6.42 Å². The molecule has 0 aromatic rings. The van der Waals surface area contributed by atoms with Gasteiger partial charge in [0.25, 0.3) is 0 Å². The number of nitrogens with one attached hydrogen (secondary N) is 2. The van der Waals surface area contributed by atoms with Crippen molar-refractivity contribution in [1.82, 2.24) is 10.9 Å². The molecule has 0 spiro atoms. The first-order chi connectivity index (χ1) is 4.50. The van der Waals surface area contributed by atoms with Crippen LogP contribution in [-0.2, 0) is 4.74 Å². The molecule has 3 nitrogen and oxygen atoms in total. The first kappa shape index (κ1) is 6.99. The molecule has 53 valence electrons. The average Bonchev–Trinajstić information content (AvgIpc) is 2.00. The van der Waals surface area contributed by atoms with Crippen LogP contribution < -0.4 is 10.9 Å². The van der Waals surface area contributed by atoms with Crippen molar-refractivity contribution < 1.29 is 4.74 Å². The van der Waals surface area contributed by atoms with Crippen molar-refractivity contribution in [3.63, 3.8) is 0 Å². The summed E-state index contributed by atoms with van der Waals surface area (Å²) < 4.78 is 5.22. The molecule has 1 radical (unpaired) electrons. The number of hydrogen-bond acceptors (Lipinski definition) is 3. The molecule has 2 N–H and O–H groups in total. The van der Waals surface area contributed by atoms with Crippen LogP contribution in [0.5, 0.6) is 0 Å². The van der Waals surface area contributed by atoms with Gasteiger partial charge >= 0.3 is 0 Å². The number of ether oxygens (including phenoxy) is 1. The monoisotopic (exact) mass is 129 g/mol. The molecule has 3 heteroatoms. The molecule has 0 aliphatic carbocycles. The zero-order valence-electron chi connectivity index (χ0n) is 5.52. The molecule has 0 bridgehead atoms. The fourth-order valence-electron chi connectivity index (χ4n) is 0.727. The van der Waals surface area contributed by atoms with Crippen molar-refractivity contribution in [3.05, 3.63) is 6.42 Å². The van der Waals surface area contributed by atoms with Gasteiger partial charge in [-0.2, -0.15) is 0 Å². The van der Waals surface area contributed by atoms with E-state index >= 15 is 0 Å². The second kappa shape index (κ2) is 4.73. The molecule has 0 aromatic heterocycles. The first-order valence-corrected chi connectivity index (χ1v) is 3.35. The lowest BCUT2D eigenvalue weighted by molar-refractivity contribution is 0.140. The van der Waals surface area contributed by atoms with E-state index in [-0.39, 0.29) is 0 Å². The minimum atomic E-state index is 0.806. The second-order valence-corrected chi connectivity index (χ2v) is 2.00. The summed E-state index contributed by atoms with van der Waals surface area (Å²) in [6, 6.07) is 0. The Labute approximate surface area is 55.7 Å². The van der Waals surface area contributed by atoms with E-state index in [2.05, 4.69) is 17.3 Å². The SMILES string of the molecule is [CH]1CCOCCNNC1. The van der Waals surface area contributed by atoms with E-state index in [1.54, 1.807) is 0 Å². The minimum Gasteiger partial charge on any atom is -0.380 e. The lowest BCUT2D eigenvalue weighted by Crippen LogP contribution is -2.34. The molecule has 0 amide bonds. The largest absolute Gasteiger partial charge is 0.380 e. The van der Waals surface area contributed by atoms with Crippen LogP contribution in [0, 0.1) is 6.42 Å². The Morgan fingerprint density at radius 3 is 3.22 bits per heavy atom. The summed E-state index contributed by atoms with van der Waals surface area (Å²) in [4.78, 5) is 0. The van der Waals surface area contributed by atoms with Crippen molar-refractivity contribution in [3.8, 4) is 0 Å². The lowest BCUT2D eigenvalue weighted by atomic mass is 10.3. The molecule has 1 aliphatic rings. The molecule has 1 fully saturated rings. The molecule has 1 saturated heterocycles. The topological polar surface area (TPSA) is 33.3 Å². The van der Waals surface area contributed by atoms with E-state index in [0.29, 0.717) is 0 Å². The molecule has 9 heavy (non-hydrogen) atoms. The van der Waals surface area contributed by atoms with Crippen LogP contribution in [0.3, 0.4) is 0 Å². The smallest absolute Gasteiger partial charge is 0.0604 e. The van der Waals surface area contributed by atoms with Crippen LogP contribution in [0.25, 0.3) is 0 Å². The third kappa shape index (κ3) is 3.46. The lowest BCUT2D eigenvalue weighted by Gasteiger charge is -2.01. The molecular weight excluding hydrogens is 116 g/mol. The van der Waals surface area contributed by atoms with Gasteiger partial charge in [-0.05, 0) is 12.8 Å². The first-order valence-electron chi connectivity index (χ1n) is 3.35. The normalized spacial score (nSPS) is 24.0. The van der Waals surface area contributed by atoms with Gasteiger partial charge in [-0.1, -0.05) is 0 Å². The van der Waals surface area contributed by atoms with E-state index in [0.717, 1.165) is 32.7 Å². The van der Waals surface area contributed by atoms with Crippen molar-refractivity contribution in [2.45, 2.75) is 6.42 Å². The van der Waals surface area contributed by atoms with Gasteiger partial charge in [0, 0.05) is 19.7 Å². The predicted molar refractivity (Wildman–Crippen MR) is 35.7 cm³/mol. The van der Waals surface area contributed by atoms with Crippen LogP contribution in [0.2, 0.25) is 0 Å². The molecule has 0 aromatic carbocycles. The minimum absolute atomic E-state index is 0.806. The Kier molecular flexibility index (Phi) is 3.68. The van der Waals surface area contributed by atoms with Crippen LogP contribution in [0.15, 0.2) is 0 Å². The van der Waals surface area contributed by atoms with Gasteiger partial charge in [-0.15, -0.1) is 0 Å². The summed E-state index contributed by atoms with van der Waals surface area (Å²) in [5.74, 6) is 0. The Hall–Kier alpha value is -0.120. The quantitative estimate of drug-likeness (QED) is 0.471. The summed E-state index contributed by atoms with van der Waals surface area (Å²) in [6.07, 6.45) is 3.22. The van der Waals surface area contributed by atoms with Crippen LogP contribution >= 0.6 is 0 Å². The van der Waals surface area contributed by atoms with Gasteiger partial charge in [0.1, 0.15) is 0 Å². The van der Waals surface area contributed by atoms with Gasteiger partial charge in [-0.3, -0.25) is 10.9 Å². The standard InChI is InChI=1S/C6H13N2O/c1-2-5-9-6-4-8-7-3-1/h1,7-8H,2-6H2. The van der Waals surface area contributed by atoms with Crippen molar-refractivity contribution in [2.75, 3.05) is 26.3 Å². The number of hydrogen-bond donors (Lipinski definition) is 2. The fraction of sp³-hybridized carbons (Fsp3) is 0.833. The Bertz CT molecular complexity index is 39.5. The van der Waals surface area contributed by atoms with E-state index in [4.69, 9.17) is 4.74 Å². The van der Waals surface area contributed by atoms with Crippen molar-refractivity contribution in [1.29, 1.82) is 0 Å². The second-order valence-electron chi connectivity index (χ2n) is 2.00. The summed E-state index contributed by atoms with van der Waals surface area (Å²) in [6.45, 7) is 3.50. The molecular formula is C6H13N2O. The maximum atomic E-state index is 5.22. The highest BCUT2D eigenvalue weighted by molar-refractivity contribution is 4.66. The Morgan fingerprint density at radius 1 is 1.22 bits per heavy atom. The average molecular weight is 129 g/mol. The van der Waals surface area contributed by atoms with E-state index in [1.807, 2.05) is 0 Å². The predicted octanol–water partition coefficient (Wildman–Crippen LogP) is -0.295. The van der Waals surface area contributed by atoms with Crippen molar-refractivity contribution >= 4 is 0 Å². The van der Waals surface area contributed by atoms with E-state index in [9.17, 15) is 0 Å². The van der Waals surface area contributed by atoms with Gasteiger partial charge < -0.3 is 4.74 Å². The summed E-state index contributed by atoms with van der Waals surface area (Å²) in [5.41, 5.74) is 6.06. The van der Waals surface area contributed by atoms with E-state index in [1.165, 1.54) is 0 Å². The zero-order chi connectivity index (χ0) is 6.36. The maximum absolute atomic E-state index is 5.22. The molecule has 0 unspecified atom stereocenters. The highest BCUT2D eigenvalue weighted by atomic mass is 16.5. The fourth-order valence-corrected chi connectivity index (χ4v) is 0.727. The zero-order valence-corrected chi connectivity index (χ0v) is 5.52. The van der Waals surface area contributed by atoms with Gasteiger partial charge in [0.2, 0.25) is 0 Å². The Morgan fingerprint density at radius 2 is 2.22 bits per heavy atom. The van der Waals surface area contributed by atoms with E-state index < -0.39 is 0 Å². The number of rotatable bonds is 0. The highest BCUT2D eigenvalue weighted by Gasteiger charge is 1.93. The molecule has 1 aliphatic heterocycles. The summed E-state index contributed by atoms with van der Waals surface area (Å²) in [7, 11) is 0. The Balaban J connectivity index is 2.02. The molecule has 1 heterocycles. The maximum Gasteiger partial charge on any atom is 0.0604 e. The van der Waals surface area contributed by atoms with Crippen LogP contribution in [0.4, 0.5) is 0 Å². The van der Waals surface area contributed by atoms with Gasteiger partial charge in [-0.25, -0.2) is 0 Å².